The fourth-order valence-corrected chi connectivity index (χ4v) is 2.52. The van der Waals surface area contributed by atoms with Crippen LogP contribution in [0.1, 0.15) is 45.4 Å². The number of hydrogen-bond acceptors (Lipinski definition) is 2. The van der Waals surface area contributed by atoms with Gasteiger partial charge in [-0.2, -0.15) is 0 Å². The molecule has 0 spiro atoms. The molecule has 2 aliphatic rings. The fraction of sp³-hybridized carbons (Fsp3) is 0.923. The van der Waals surface area contributed by atoms with Gasteiger partial charge in [-0.05, 0) is 44.1 Å². The summed E-state index contributed by atoms with van der Waals surface area (Å²) in [5.74, 6) is 1.67. The molecule has 1 heterocycles. The zero-order valence-electron chi connectivity index (χ0n) is 10.3. The van der Waals surface area contributed by atoms with Crippen molar-refractivity contribution < 1.29 is 4.79 Å². The highest BCUT2D eigenvalue weighted by atomic mass is 16.2. The average molecular weight is 224 g/mol. The van der Waals surface area contributed by atoms with E-state index in [1.165, 1.54) is 32.1 Å². The summed E-state index contributed by atoms with van der Waals surface area (Å²) in [7, 11) is 0. The molecule has 1 aliphatic heterocycles. The maximum atomic E-state index is 11.9. The van der Waals surface area contributed by atoms with Crippen molar-refractivity contribution in [3.63, 3.8) is 0 Å². The molecule has 2 N–H and O–H groups in total. The van der Waals surface area contributed by atoms with Crippen molar-refractivity contribution >= 4 is 5.91 Å². The minimum atomic E-state index is 0.0506. The van der Waals surface area contributed by atoms with Crippen LogP contribution in [0.5, 0.6) is 0 Å². The molecule has 2 atom stereocenters. The van der Waals surface area contributed by atoms with Crippen LogP contribution < -0.4 is 10.6 Å². The van der Waals surface area contributed by atoms with Gasteiger partial charge in [0, 0.05) is 6.54 Å². The van der Waals surface area contributed by atoms with Crippen LogP contribution >= 0.6 is 0 Å². The molecule has 1 saturated carbocycles. The molecule has 3 heteroatoms. The van der Waals surface area contributed by atoms with E-state index in [4.69, 9.17) is 0 Å². The summed E-state index contributed by atoms with van der Waals surface area (Å²) in [6, 6.07) is 0.0506. The first-order valence-electron chi connectivity index (χ1n) is 6.78. The van der Waals surface area contributed by atoms with E-state index in [0.717, 1.165) is 25.4 Å². The summed E-state index contributed by atoms with van der Waals surface area (Å²) in [4.78, 5) is 11.9. The predicted molar refractivity (Wildman–Crippen MR) is 65.2 cm³/mol. The Hall–Kier alpha value is -0.570. The van der Waals surface area contributed by atoms with Crippen molar-refractivity contribution in [1.82, 2.24) is 10.6 Å². The second kappa shape index (κ2) is 5.67. The van der Waals surface area contributed by atoms with Crippen LogP contribution in [0.15, 0.2) is 0 Å². The quantitative estimate of drug-likeness (QED) is 0.698. The number of rotatable bonds is 5. The maximum absolute atomic E-state index is 11.9. The van der Waals surface area contributed by atoms with Crippen LogP contribution in [0.4, 0.5) is 0 Å². The molecule has 2 rings (SSSR count). The Morgan fingerprint density at radius 2 is 2.19 bits per heavy atom. The van der Waals surface area contributed by atoms with Gasteiger partial charge in [-0.1, -0.05) is 19.8 Å². The standard InChI is InChI=1S/C13H24N2O/c1-10-4-2-8-14-12(10)13(16)15-9-3-5-11-6-7-11/h10-12,14H,2-9H2,1H3,(H,15,16). The van der Waals surface area contributed by atoms with Gasteiger partial charge in [-0.3, -0.25) is 4.79 Å². The van der Waals surface area contributed by atoms with E-state index in [-0.39, 0.29) is 11.9 Å². The fourth-order valence-electron chi connectivity index (χ4n) is 2.52. The highest BCUT2D eigenvalue weighted by Gasteiger charge is 2.27. The number of carbonyl (C=O) groups excluding carboxylic acids is 1. The van der Waals surface area contributed by atoms with Gasteiger partial charge in [0.25, 0.3) is 0 Å². The molecular weight excluding hydrogens is 200 g/mol. The Kier molecular flexibility index (Phi) is 4.22. The smallest absolute Gasteiger partial charge is 0.237 e. The molecular formula is C13H24N2O. The largest absolute Gasteiger partial charge is 0.355 e. The Morgan fingerprint density at radius 1 is 1.38 bits per heavy atom. The van der Waals surface area contributed by atoms with Gasteiger partial charge in [0.05, 0.1) is 6.04 Å². The molecule has 1 amide bonds. The predicted octanol–water partition coefficient (Wildman–Crippen LogP) is 1.68. The molecule has 2 fully saturated rings. The van der Waals surface area contributed by atoms with Gasteiger partial charge in [0.15, 0.2) is 0 Å². The Morgan fingerprint density at radius 3 is 2.88 bits per heavy atom. The second-order valence-corrected chi connectivity index (χ2v) is 5.43. The number of carbonyl (C=O) groups is 1. The number of hydrogen-bond donors (Lipinski definition) is 2. The van der Waals surface area contributed by atoms with Gasteiger partial charge < -0.3 is 10.6 Å². The lowest BCUT2D eigenvalue weighted by Gasteiger charge is -2.28. The third-order valence-electron chi connectivity index (χ3n) is 3.84. The highest BCUT2D eigenvalue weighted by molar-refractivity contribution is 5.82. The van der Waals surface area contributed by atoms with Crippen LogP contribution in [0.2, 0.25) is 0 Å². The van der Waals surface area contributed by atoms with Crippen molar-refractivity contribution in [2.45, 2.75) is 51.5 Å². The first-order chi connectivity index (χ1) is 7.77. The average Bonchev–Trinajstić information content (AvgIpc) is 3.08. The lowest BCUT2D eigenvalue weighted by atomic mass is 9.92. The SMILES string of the molecule is CC1CCCNC1C(=O)NCCCC1CC1. The van der Waals surface area contributed by atoms with Gasteiger partial charge in [-0.15, -0.1) is 0 Å². The van der Waals surface area contributed by atoms with E-state index in [1.54, 1.807) is 0 Å². The minimum absolute atomic E-state index is 0.0506. The summed E-state index contributed by atoms with van der Waals surface area (Å²) in [5, 5.41) is 6.38. The molecule has 0 aromatic carbocycles. The van der Waals surface area contributed by atoms with E-state index in [2.05, 4.69) is 17.6 Å². The van der Waals surface area contributed by atoms with Crippen molar-refractivity contribution in [3.8, 4) is 0 Å². The monoisotopic (exact) mass is 224 g/mol. The van der Waals surface area contributed by atoms with Crippen LogP contribution in [-0.2, 0) is 4.79 Å². The molecule has 3 nitrogen and oxygen atoms in total. The van der Waals surface area contributed by atoms with Gasteiger partial charge in [0.1, 0.15) is 0 Å². The topological polar surface area (TPSA) is 41.1 Å². The van der Waals surface area contributed by atoms with Crippen molar-refractivity contribution in [2.24, 2.45) is 11.8 Å². The van der Waals surface area contributed by atoms with E-state index < -0.39 is 0 Å². The molecule has 0 aromatic heterocycles. The number of nitrogens with one attached hydrogen (secondary N) is 2. The highest BCUT2D eigenvalue weighted by Crippen LogP contribution is 2.33. The minimum Gasteiger partial charge on any atom is -0.355 e. The summed E-state index contributed by atoms with van der Waals surface area (Å²) in [6.45, 7) is 4.02. The Bertz CT molecular complexity index is 238. The number of piperidine rings is 1. The zero-order valence-corrected chi connectivity index (χ0v) is 10.3. The van der Waals surface area contributed by atoms with Crippen molar-refractivity contribution in [1.29, 1.82) is 0 Å². The summed E-state index contributed by atoms with van der Waals surface area (Å²) >= 11 is 0. The van der Waals surface area contributed by atoms with E-state index in [0.29, 0.717) is 5.92 Å². The van der Waals surface area contributed by atoms with Crippen molar-refractivity contribution in [2.75, 3.05) is 13.1 Å². The summed E-state index contributed by atoms with van der Waals surface area (Å²) in [6.07, 6.45) is 7.65. The normalized spacial score (nSPS) is 30.1. The lowest BCUT2D eigenvalue weighted by molar-refractivity contribution is -0.124. The third kappa shape index (κ3) is 3.48. The van der Waals surface area contributed by atoms with Gasteiger partial charge in [0.2, 0.25) is 5.91 Å². The molecule has 2 unspecified atom stereocenters. The molecule has 0 aromatic rings. The second-order valence-electron chi connectivity index (χ2n) is 5.43. The zero-order chi connectivity index (χ0) is 11.4. The van der Waals surface area contributed by atoms with Crippen LogP contribution in [0.25, 0.3) is 0 Å². The maximum Gasteiger partial charge on any atom is 0.237 e. The lowest BCUT2D eigenvalue weighted by Crippen LogP contribution is -2.51. The molecule has 92 valence electrons. The molecule has 1 saturated heterocycles. The summed E-state index contributed by atoms with van der Waals surface area (Å²) in [5.41, 5.74) is 0. The molecule has 16 heavy (non-hydrogen) atoms. The molecule has 0 radical (unpaired) electrons. The van der Waals surface area contributed by atoms with Crippen LogP contribution in [0, 0.1) is 11.8 Å². The molecule has 1 aliphatic carbocycles. The van der Waals surface area contributed by atoms with Gasteiger partial charge >= 0.3 is 0 Å². The first kappa shape index (κ1) is 11.9. The van der Waals surface area contributed by atoms with E-state index in [1.807, 2.05) is 0 Å². The summed E-state index contributed by atoms with van der Waals surface area (Å²) < 4.78 is 0. The van der Waals surface area contributed by atoms with Crippen molar-refractivity contribution in [3.05, 3.63) is 0 Å². The van der Waals surface area contributed by atoms with E-state index >= 15 is 0 Å². The van der Waals surface area contributed by atoms with E-state index in [9.17, 15) is 4.79 Å². The van der Waals surface area contributed by atoms with Gasteiger partial charge in [-0.25, -0.2) is 0 Å². The van der Waals surface area contributed by atoms with Crippen LogP contribution in [-0.4, -0.2) is 25.0 Å². The number of amides is 1. The Balaban J connectivity index is 1.61. The Labute approximate surface area is 98.4 Å². The third-order valence-corrected chi connectivity index (χ3v) is 3.84. The van der Waals surface area contributed by atoms with Crippen LogP contribution in [0.3, 0.4) is 0 Å². The first-order valence-corrected chi connectivity index (χ1v) is 6.78. The molecule has 0 bridgehead atoms.